The van der Waals surface area contributed by atoms with Crippen LogP contribution in [0.4, 0.5) is 4.39 Å². The van der Waals surface area contributed by atoms with Gasteiger partial charge in [-0.3, -0.25) is 0 Å². The standard InChI is InChI=1S/C21H18FNO3/c22-18-5-2-15(3-6-18)16-4-7-19(24)17(10-16)12-23-11-14-1-8-20-21(9-14)26-13-25-20/h1-10,23-24H,11-13H2. The molecule has 0 aliphatic carbocycles. The second-order valence-corrected chi connectivity index (χ2v) is 6.14. The van der Waals surface area contributed by atoms with Crippen molar-refractivity contribution in [3.8, 4) is 28.4 Å². The van der Waals surface area contributed by atoms with Crippen LogP contribution in [-0.2, 0) is 13.1 Å². The Balaban J connectivity index is 1.44. The van der Waals surface area contributed by atoms with Crippen molar-refractivity contribution in [2.24, 2.45) is 0 Å². The van der Waals surface area contributed by atoms with Crippen LogP contribution in [0.5, 0.6) is 17.2 Å². The number of nitrogens with one attached hydrogen (secondary N) is 1. The summed E-state index contributed by atoms with van der Waals surface area (Å²) in [5, 5.41) is 13.4. The fourth-order valence-electron chi connectivity index (χ4n) is 2.94. The highest BCUT2D eigenvalue weighted by atomic mass is 19.1. The van der Waals surface area contributed by atoms with Gasteiger partial charge in [0, 0.05) is 18.7 Å². The lowest BCUT2D eigenvalue weighted by Crippen LogP contribution is -2.12. The lowest BCUT2D eigenvalue weighted by atomic mass is 10.0. The Morgan fingerprint density at radius 2 is 1.62 bits per heavy atom. The van der Waals surface area contributed by atoms with Crippen molar-refractivity contribution in [2.75, 3.05) is 6.79 Å². The predicted octanol–water partition coefficient (Wildman–Crippen LogP) is 4.22. The van der Waals surface area contributed by atoms with Crippen molar-refractivity contribution >= 4 is 0 Å². The Hall–Kier alpha value is -3.05. The molecule has 1 aliphatic heterocycles. The van der Waals surface area contributed by atoms with Gasteiger partial charge in [-0.25, -0.2) is 4.39 Å². The molecule has 0 unspecified atom stereocenters. The number of rotatable bonds is 5. The first kappa shape index (κ1) is 16.4. The number of ether oxygens (including phenoxy) is 2. The van der Waals surface area contributed by atoms with Crippen LogP contribution in [-0.4, -0.2) is 11.9 Å². The third kappa shape index (κ3) is 3.48. The Kier molecular flexibility index (Phi) is 4.46. The van der Waals surface area contributed by atoms with E-state index in [9.17, 15) is 9.50 Å². The molecule has 4 rings (SSSR count). The molecule has 2 N–H and O–H groups in total. The van der Waals surface area contributed by atoms with Crippen molar-refractivity contribution in [2.45, 2.75) is 13.1 Å². The lowest BCUT2D eigenvalue weighted by Gasteiger charge is -2.10. The maximum absolute atomic E-state index is 13.1. The second kappa shape index (κ2) is 7.06. The van der Waals surface area contributed by atoms with Crippen LogP contribution in [0.15, 0.2) is 60.7 Å². The molecule has 0 aromatic heterocycles. The predicted molar refractivity (Wildman–Crippen MR) is 96.6 cm³/mol. The van der Waals surface area contributed by atoms with Gasteiger partial charge in [0.25, 0.3) is 0 Å². The zero-order chi connectivity index (χ0) is 17.9. The van der Waals surface area contributed by atoms with Crippen LogP contribution in [0.2, 0.25) is 0 Å². The summed E-state index contributed by atoms with van der Waals surface area (Å²) in [6, 6.07) is 17.5. The molecule has 0 saturated heterocycles. The summed E-state index contributed by atoms with van der Waals surface area (Å²) in [4.78, 5) is 0. The molecule has 0 spiro atoms. The normalized spacial score (nSPS) is 12.3. The first-order valence-corrected chi connectivity index (χ1v) is 8.36. The van der Waals surface area contributed by atoms with E-state index in [-0.39, 0.29) is 18.4 Å². The van der Waals surface area contributed by atoms with E-state index in [1.807, 2.05) is 30.3 Å². The smallest absolute Gasteiger partial charge is 0.231 e. The van der Waals surface area contributed by atoms with Crippen LogP contribution in [0, 0.1) is 5.82 Å². The fraction of sp³-hybridized carbons (Fsp3) is 0.143. The number of phenols is 1. The zero-order valence-electron chi connectivity index (χ0n) is 14.0. The van der Waals surface area contributed by atoms with E-state index in [4.69, 9.17) is 9.47 Å². The summed E-state index contributed by atoms with van der Waals surface area (Å²) in [6.45, 7) is 1.41. The maximum atomic E-state index is 13.1. The summed E-state index contributed by atoms with van der Waals surface area (Å²) < 4.78 is 23.8. The Bertz CT molecular complexity index is 925. The summed E-state index contributed by atoms with van der Waals surface area (Å²) >= 11 is 0. The van der Waals surface area contributed by atoms with E-state index in [0.29, 0.717) is 13.1 Å². The molecule has 3 aromatic rings. The number of phenolic OH excluding ortho intramolecular Hbond substituents is 1. The van der Waals surface area contributed by atoms with Crippen LogP contribution in [0.25, 0.3) is 11.1 Å². The van der Waals surface area contributed by atoms with Crippen LogP contribution < -0.4 is 14.8 Å². The Morgan fingerprint density at radius 1 is 0.846 bits per heavy atom. The van der Waals surface area contributed by atoms with E-state index in [1.165, 1.54) is 12.1 Å². The molecule has 0 amide bonds. The molecule has 0 fully saturated rings. The zero-order valence-corrected chi connectivity index (χ0v) is 14.0. The summed E-state index contributed by atoms with van der Waals surface area (Å²) in [7, 11) is 0. The van der Waals surface area contributed by atoms with E-state index < -0.39 is 0 Å². The topological polar surface area (TPSA) is 50.7 Å². The third-order valence-electron chi connectivity index (χ3n) is 4.34. The maximum Gasteiger partial charge on any atom is 0.231 e. The summed E-state index contributed by atoms with van der Waals surface area (Å²) in [5.41, 5.74) is 3.70. The average Bonchev–Trinajstić information content (AvgIpc) is 3.12. The first-order chi connectivity index (χ1) is 12.7. The highest BCUT2D eigenvalue weighted by Gasteiger charge is 2.13. The van der Waals surface area contributed by atoms with Crippen LogP contribution in [0.3, 0.4) is 0 Å². The van der Waals surface area contributed by atoms with Gasteiger partial charge in [-0.15, -0.1) is 0 Å². The lowest BCUT2D eigenvalue weighted by molar-refractivity contribution is 0.174. The van der Waals surface area contributed by atoms with E-state index in [0.717, 1.165) is 33.8 Å². The van der Waals surface area contributed by atoms with Gasteiger partial charge in [-0.2, -0.15) is 0 Å². The Morgan fingerprint density at radius 3 is 2.46 bits per heavy atom. The van der Waals surface area contributed by atoms with Gasteiger partial charge >= 0.3 is 0 Å². The fourth-order valence-corrected chi connectivity index (χ4v) is 2.94. The van der Waals surface area contributed by atoms with Crippen molar-refractivity contribution in [3.05, 3.63) is 77.6 Å². The molecule has 0 bridgehead atoms. The molecule has 1 aliphatic rings. The number of aromatic hydroxyl groups is 1. The highest BCUT2D eigenvalue weighted by molar-refractivity contribution is 5.65. The molecule has 1 heterocycles. The van der Waals surface area contributed by atoms with Gasteiger partial charge < -0.3 is 19.9 Å². The molecule has 26 heavy (non-hydrogen) atoms. The monoisotopic (exact) mass is 351 g/mol. The molecule has 4 nitrogen and oxygen atoms in total. The molecule has 5 heteroatoms. The Labute approximate surface area is 150 Å². The molecule has 132 valence electrons. The minimum Gasteiger partial charge on any atom is -0.508 e. The largest absolute Gasteiger partial charge is 0.508 e. The number of benzene rings is 3. The van der Waals surface area contributed by atoms with Gasteiger partial charge in [-0.05, 0) is 53.1 Å². The SMILES string of the molecule is Oc1ccc(-c2ccc(F)cc2)cc1CNCc1ccc2c(c1)OCO2. The summed E-state index contributed by atoms with van der Waals surface area (Å²) in [5.74, 6) is 1.48. The average molecular weight is 351 g/mol. The molecular formula is C21H18FNO3. The molecular weight excluding hydrogens is 333 g/mol. The van der Waals surface area contributed by atoms with E-state index in [1.54, 1.807) is 18.2 Å². The molecule has 0 atom stereocenters. The van der Waals surface area contributed by atoms with Gasteiger partial charge in [-0.1, -0.05) is 24.3 Å². The van der Waals surface area contributed by atoms with E-state index >= 15 is 0 Å². The first-order valence-electron chi connectivity index (χ1n) is 8.36. The number of fused-ring (bicyclic) bond motifs is 1. The van der Waals surface area contributed by atoms with Crippen molar-refractivity contribution in [3.63, 3.8) is 0 Å². The number of hydrogen-bond acceptors (Lipinski definition) is 4. The van der Waals surface area contributed by atoms with Gasteiger partial charge in [0.2, 0.25) is 6.79 Å². The van der Waals surface area contributed by atoms with Gasteiger partial charge in [0.05, 0.1) is 0 Å². The van der Waals surface area contributed by atoms with Gasteiger partial charge in [0.1, 0.15) is 11.6 Å². The van der Waals surface area contributed by atoms with Crippen molar-refractivity contribution < 1.29 is 19.0 Å². The third-order valence-corrected chi connectivity index (χ3v) is 4.34. The molecule has 0 saturated carbocycles. The number of hydrogen-bond donors (Lipinski definition) is 2. The van der Waals surface area contributed by atoms with E-state index in [2.05, 4.69) is 5.32 Å². The van der Waals surface area contributed by atoms with Gasteiger partial charge in [0.15, 0.2) is 11.5 Å². The summed E-state index contributed by atoms with van der Waals surface area (Å²) in [6.07, 6.45) is 0. The molecule has 0 radical (unpaired) electrons. The van der Waals surface area contributed by atoms with Crippen LogP contribution >= 0.6 is 0 Å². The molecule has 3 aromatic carbocycles. The van der Waals surface area contributed by atoms with Crippen molar-refractivity contribution in [1.82, 2.24) is 5.32 Å². The second-order valence-electron chi connectivity index (χ2n) is 6.14. The van der Waals surface area contributed by atoms with Crippen molar-refractivity contribution in [1.29, 1.82) is 0 Å². The highest BCUT2D eigenvalue weighted by Crippen LogP contribution is 2.32. The number of halogens is 1. The van der Waals surface area contributed by atoms with Crippen LogP contribution in [0.1, 0.15) is 11.1 Å². The minimum absolute atomic E-state index is 0.231. The minimum atomic E-state index is -0.266. The quantitative estimate of drug-likeness (QED) is 0.723.